The van der Waals surface area contributed by atoms with Crippen molar-refractivity contribution < 1.29 is 14.0 Å². The van der Waals surface area contributed by atoms with E-state index < -0.39 is 17.5 Å². The van der Waals surface area contributed by atoms with Crippen LogP contribution in [0.1, 0.15) is 5.76 Å². The van der Waals surface area contributed by atoms with Gasteiger partial charge >= 0.3 is 6.03 Å². The number of carbonyl (C=O) groups excluding carboxylic acids is 2. The minimum atomic E-state index is -0.689. The summed E-state index contributed by atoms with van der Waals surface area (Å²) in [5.41, 5.74) is -0.0409. The maximum atomic E-state index is 12.4. The number of aromatic nitrogens is 4. The number of rotatable bonds is 4. The summed E-state index contributed by atoms with van der Waals surface area (Å²) in [5.74, 6) is -0.102. The van der Waals surface area contributed by atoms with Crippen molar-refractivity contribution in [2.24, 2.45) is 7.05 Å². The Hall–Kier alpha value is -2.95. The van der Waals surface area contributed by atoms with Crippen LogP contribution in [0.15, 0.2) is 38.5 Å². The summed E-state index contributed by atoms with van der Waals surface area (Å²) in [6.45, 7) is -0.209. The zero-order chi connectivity index (χ0) is 18.0. The highest BCUT2D eigenvalue weighted by Crippen LogP contribution is 2.16. The number of fused-ring (bicyclic) bond motifs is 1. The SMILES string of the molecule is Cn1nc(Br)c2c(=O)n(CC(=O)NC(=O)NCc3ccco3)cnc21. The van der Waals surface area contributed by atoms with Gasteiger partial charge in [-0.25, -0.2) is 14.5 Å². The number of imide groups is 1. The van der Waals surface area contributed by atoms with Crippen LogP contribution in [0.4, 0.5) is 4.79 Å². The molecule has 0 aliphatic heterocycles. The predicted molar refractivity (Wildman–Crippen MR) is 89.6 cm³/mol. The van der Waals surface area contributed by atoms with E-state index in [0.29, 0.717) is 16.0 Å². The molecule has 3 heterocycles. The van der Waals surface area contributed by atoms with Gasteiger partial charge in [-0.15, -0.1) is 0 Å². The highest BCUT2D eigenvalue weighted by molar-refractivity contribution is 9.10. The first kappa shape index (κ1) is 16.9. The topological polar surface area (TPSA) is 124 Å². The Labute approximate surface area is 148 Å². The van der Waals surface area contributed by atoms with Gasteiger partial charge in [-0.2, -0.15) is 5.10 Å². The molecule has 0 spiro atoms. The lowest BCUT2D eigenvalue weighted by atomic mass is 10.4. The smallest absolute Gasteiger partial charge is 0.321 e. The molecule has 0 unspecified atom stereocenters. The van der Waals surface area contributed by atoms with Crippen molar-refractivity contribution in [3.8, 4) is 0 Å². The number of halogens is 1. The van der Waals surface area contributed by atoms with Crippen molar-refractivity contribution >= 4 is 38.9 Å². The van der Waals surface area contributed by atoms with Gasteiger partial charge in [-0.05, 0) is 28.1 Å². The van der Waals surface area contributed by atoms with Gasteiger partial charge in [0.25, 0.3) is 5.56 Å². The van der Waals surface area contributed by atoms with Crippen LogP contribution in [0.3, 0.4) is 0 Å². The van der Waals surface area contributed by atoms with Crippen LogP contribution in [0.5, 0.6) is 0 Å². The molecule has 0 aromatic carbocycles. The number of carbonyl (C=O) groups is 2. The van der Waals surface area contributed by atoms with Crippen molar-refractivity contribution in [1.82, 2.24) is 30.0 Å². The van der Waals surface area contributed by atoms with Crippen LogP contribution in [-0.4, -0.2) is 31.3 Å². The molecule has 2 N–H and O–H groups in total. The fourth-order valence-electron chi connectivity index (χ4n) is 2.19. The third kappa shape index (κ3) is 3.60. The highest BCUT2D eigenvalue weighted by atomic mass is 79.9. The van der Waals surface area contributed by atoms with Crippen LogP contribution >= 0.6 is 15.9 Å². The van der Waals surface area contributed by atoms with Crippen molar-refractivity contribution in [2.75, 3.05) is 0 Å². The van der Waals surface area contributed by atoms with E-state index in [-0.39, 0.29) is 18.5 Å². The molecule has 3 amide bonds. The van der Waals surface area contributed by atoms with Crippen molar-refractivity contribution in [1.29, 1.82) is 0 Å². The monoisotopic (exact) mass is 408 g/mol. The Balaban J connectivity index is 1.65. The summed E-state index contributed by atoms with van der Waals surface area (Å²) in [5, 5.41) is 8.92. The first-order chi connectivity index (χ1) is 12.0. The normalized spacial score (nSPS) is 10.8. The van der Waals surface area contributed by atoms with E-state index in [0.717, 1.165) is 4.57 Å². The average Bonchev–Trinajstić information content (AvgIpc) is 3.16. The van der Waals surface area contributed by atoms with E-state index in [9.17, 15) is 14.4 Å². The molecule has 130 valence electrons. The van der Waals surface area contributed by atoms with E-state index in [1.807, 2.05) is 0 Å². The van der Waals surface area contributed by atoms with Crippen LogP contribution < -0.4 is 16.2 Å². The van der Waals surface area contributed by atoms with Crippen molar-refractivity contribution in [3.63, 3.8) is 0 Å². The Morgan fingerprint density at radius 3 is 2.92 bits per heavy atom. The fourth-order valence-corrected chi connectivity index (χ4v) is 2.78. The molecule has 0 radical (unpaired) electrons. The summed E-state index contributed by atoms with van der Waals surface area (Å²) in [6, 6.07) is 2.69. The maximum Gasteiger partial charge on any atom is 0.321 e. The van der Waals surface area contributed by atoms with Gasteiger partial charge in [0.15, 0.2) is 5.65 Å². The summed E-state index contributed by atoms with van der Waals surface area (Å²) in [4.78, 5) is 40.1. The molecule has 0 fully saturated rings. The first-order valence-corrected chi connectivity index (χ1v) is 7.92. The van der Waals surface area contributed by atoms with Gasteiger partial charge < -0.3 is 9.73 Å². The molecule has 0 saturated heterocycles. The van der Waals surface area contributed by atoms with E-state index >= 15 is 0 Å². The first-order valence-electron chi connectivity index (χ1n) is 7.13. The molecule has 0 aliphatic carbocycles. The molecule has 0 aliphatic rings. The Morgan fingerprint density at radius 1 is 1.40 bits per heavy atom. The van der Waals surface area contributed by atoms with E-state index in [4.69, 9.17) is 4.42 Å². The molecule has 25 heavy (non-hydrogen) atoms. The van der Waals surface area contributed by atoms with E-state index in [1.165, 1.54) is 17.3 Å². The number of hydrogen-bond donors (Lipinski definition) is 2. The Morgan fingerprint density at radius 2 is 2.20 bits per heavy atom. The lowest BCUT2D eigenvalue weighted by Crippen LogP contribution is -2.41. The number of nitrogens with zero attached hydrogens (tertiary/aromatic N) is 4. The Kier molecular flexibility index (Phi) is 4.65. The molecule has 10 nitrogen and oxygen atoms in total. The number of aryl methyl sites for hydroxylation is 1. The standard InChI is InChI=1S/C14H13BrN6O4/c1-20-12-10(11(15)19-20)13(23)21(7-17-12)6-9(22)18-14(24)16-5-8-3-2-4-25-8/h2-4,7H,5-6H2,1H3,(H2,16,18,22,24). The summed E-state index contributed by atoms with van der Waals surface area (Å²) in [7, 11) is 1.65. The zero-order valence-electron chi connectivity index (χ0n) is 13.0. The van der Waals surface area contributed by atoms with Crippen molar-refractivity contribution in [2.45, 2.75) is 13.1 Å². The quantitative estimate of drug-likeness (QED) is 0.647. The Bertz CT molecular complexity index is 991. The zero-order valence-corrected chi connectivity index (χ0v) is 14.6. The minimum absolute atomic E-state index is 0.141. The molecule has 3 aromatic rings. The number of nitrogens with one attached hydrogen (secondary N) is 2. The minimum Gasteiger partial charge on any atom is -0.467 e. The van der Waals surface area contributed by atoms with Gasteiger partial charge in [0.05, 0.1) is 12.8 Å². The molecule has 11 heteroatoms. The summed E-state index contributed by atoms with van der Waals surface area (Å²) >= 11 is 3.19. The molecule has 3 rings (SSSR count). The number of hydrogen-bond acceptors (Lipinski definition) is 6. The average molecular weight is 409 g/mol. The third-order valence-corrected chi connectivity index (χ3v) is 3.89. The second-order valence-electron chi connectivity index (χ2n) is 5.10. The van der Waals surface area contributed by atoms with Gasteiger partial charge in [-0.1, -0.05) is 0 Å². The molecule has 0 bridgehead atoms. The largest absolute Gasteiger partial charge is 0.467 e. The van der Waals surface area contributed by atoms with E-state index in [1.54, 1.807) is 19.2 Å². The second-order valence-corrected chi connectivity index (χ2v) is 5.85. The van der Waals surface area contributed by atoms with Crippen LogP contribution in [0, 0.1) is 0 Å². The molecular weight excluding hydrogens is 396 g/mol. The third-order valence-electron chi connectivity index (χ3n) is 3.34. The molecule has 0 saturated carbocycles. The van der Waals surface area contributed by atoms with Crippen LogP contribution in [-0.2, 0) is 24.9 Å². The van der Waals surface area contributed by atoms with Gasteiger partial charge in [-0.3, -0.25) is 19.5 Å². The lowest BCUT2D eigenvalue weighted by Gasteiger charge is -2.07. The predicted octanol–water partition coefficient (Wildman–Crippen LogP) is 0.511. The van der Waals surface area contributed by atoms with Crippen LogP contribution in [0.25, 0.3) is 11.0 Å². The van der Waals surface area contributed by atoms with Gasteiger partial charge in [0.2, 0.25) is 5.91 Å². The maximum absolute atomic E-state index is 12.4. The summed E-state index contributed by atoms with van der Waals surface area (Å²) < 4.78 is 7.95. The fraction of sp³-hybridized carbons (Fsp3) is 0.214. The van der Waals surface area contributed by atoms with Crippen LogP contribution in [0.2, 0.25) is 0 Å². The van der Waals surface area contributed by atoms with Crippen molar-refractivity contribution in [3.05, 3.63) is 45.4 Å². The summed E-state index contributed by atoms with van der Waals surface area (Å²) in [6.07, 6.45) is 2.71. The molecule has 3 aromatic heterocycles. The molecular formula is C14H13BrN6O4. The van der Waals surface area contributed by atoms with E-state index in [2.05, 4.69) is 36.6 Å². The van der Waals surface area contributed by atoms with Gasteiger partial charge in [0, 0.05) is 7.05 Å². The molecule has 0 atom stereocenters. The second kappa shape index (κ2) is 6.89. The van der Waals surface area contributed by atoms with Gasteiger partial charge in [0.1, 0.15) is 28.6 Å². The lowest BCUT2D eigenvalue weighted by molar-refractivity contribution is -0.120. The number of amides is 3. The number of furan rings is 1. The number of urea groups is 1. The highest BCUT2D eigenvalue weighted by Gasteiger charge is 2.16.